The van der Waals surface area contributed by atoms with E-state index in [1.165, 1.54) is 6.92 Å². The van der Waals surface area contributed by atoms with Gasteiger partial charge in [-0.3, -0.25) is 4.79 Å². The fourth-order valence-corrected chi connectivity index (χ4v) is 3.62. The van der Waals surface area contributed by atoms with Gasteiger partial charge in [0, 0.05) is 29.2 Å². The van der Waals surface area contributed by atoms with Crippen molar-refractivity contribution in [3.8, 4) is 11.3 Å². The number of hydrogen-bond donors (Lipinski definition) is 3. The fourth-order valence-electron chi connectivity index (χ4n) is 3.16. The van der Waals surface area contributed by atoms with E-state index < -0.39 is 0 Å². The molecule has 1 heterocycles. The number of thiocarbonyl (C=S) groups is 1. The van der Waals surface area contributed by atoms with E-state index in [4.69, 9.17) is 23.8 Å². The molecule has 0 aliphatic heterocycles. The second kappa shape index (κ2) is 9.07. The van der Waals surface area contributed by atoms with Gasteiger partial charge in [0.25, 0.3) is 0 Å². The van der Waals surface area contributed by atoms with Crippen LogP contribution in [0.4, 0.5) is 17.1 Å². The van der Waals surface area contributed by atoms with E-state index in [-0.39, 0.29) is 5.91 Å². The lowest BCUT2D eigenvalue weighted by molar-refractivity contribution is -0.114. The van der Waals surface area contributed by atoms with Crippen LogP contribution in [-0.2, 0) is 4.79 Å². The normalized spacial score (nSPS) is 10.5. The standard InChI is InChI=1S/C23H18ClN5OS/c1-14(30)27-17-9-10-21(19(24)12-17)29-23(31)28-16-6-4-5-15(11-16)22-18-7-2-3-8-20(18)25-13-26-22/h2-13H,1H3,(H,27,30)(H2,28,29,31). The number of para-hydroxylation sites is 1. The van der Waals surface area contributed by atoms with Crippen LogP contribution < -0.4 is 16.0 Å². The molecule has 0 aliphatic rings. The third-order valence-electron chi connectivity index (χ3n) is 4.47. The number of fused-ring (bicyclic) bond motifs is 1. The highest BCUT2D eigenvalue weighted by Gasteiger charge is 2.09. The van der Waals surface area contributed by atoms with Gasteiger partial charge in [0.1, 0.15) is 6.33 Å². The molecule has 4 rings (SSSR count). The number of benzene rings is 3. The zero-order valence-electron chi connectivity index (χ0n) is 16.5. The van der Waals surface area contributed by atoms with E-state index in [9.17, 15) is 4.79 Å². The zero-order valence-corrected chi connectivity index (χ0v) is 18.1. The lowest BCUT2D eigenvalue weighted by Gasteiger charge is -2.14. The maximum Gasteiger partial charge on any atom is 0.221 e. The molecule has 0 saturated carbocycles. The predicted molar refractivity (Wildman–Crippen MR) is 131 cm³/mol. The van der Waals surface area contributed by atoms with Gasteiger partial charge >= 0.3 is 0 Å². The summed E-state index contributed by atoms with van der Waals surface area (Å²) in [4.78, 5) is 20.0. The first kappa shape index (κ1) is 20.7. The summed E-state index contributed by atoms with van der Waals surface area (Å²) in [7, 11) is 0. The molecule has 6 nitrogen and oxygen atoms in total. The highest BCUT2D eigenvalue weighted by atomic mass is 35.5. The molecule has 3 N–H and O–H groups in total. The van der Waals surface area contributed by atoms with E-state index in [2.05, 4.69) is 25.9 Å². The van der Waals surface area contributed by atoms with Gasteiger partial charge in [0.2, 0.25) is 5.91 Å². The van der Waals surface area contributed by atoms with E-state index in [0.717, 1.165) is 27.8 Å². The van der Waals surface area contributed by atoms with Crippen LogP contribution in [0.1, 0.15) is 6.92 Å². The largest absolute Gasteiger partial charge is 0.332 e. The third-order valence-corrected chi connectivity index (χ3v) is 4.99. The van der Waals surface area contributed by atoms with Crippen LogP contribution in [0, 0.1) is 0 Å². The van der Waals surface area contributed by atoms with Crippen LogP contribution in [0.2, 0.25) is 5.02 Å². The minimum atomic E-state index is -0.162. The molecule has 0 aliphatic carbocycles. The average molecular weight is 448 g/mol. The van der Waals surface area contributed by atoms with Crippen LogP contribution in [0.5, 0.6) is 0 Å². The molecule has 0 radical (unpaired) electrons. The van der Waals surface area contributed by atoms with E-state index in [1.807, 2.05) is 48.5 Å². The Morgan fingerprint density at radius 3 is 2.52 bits per heavy atom. The number of amides is 1. The van der Waals surface area contributed by atoms with Gasteiger partial charge in [0.15, 0.2) is 5.11 Å². The molecule has 0 saturated heterocycles. The predicted octanol–water partition coefficient (Wildman–Crippen LogP) is 5.72. The summed E-state index contributed by atoms with van der Waals surface area (Å²) in [6.07, 6.45) is 1.57. The summed E-state index contributed by atoms with van der Waals surface area (Å²) in [6.45, 7) is 1.44. The van der Waals surface area contributed by atoms with Gasteiger partial charge in [-0.2, -0.15) is 0 Å². The van der Waals surface area contributed by atoms with Crippen molar-refractivity contribution in [3.63, 3.8) is 0 Å². The molecule has 1 aromatic heterocycles. The molecule has 0 spiro atoms. The van der Waals surface area contributed by atoms with Crippen LogP contribution in [0.15, 0.2) is 73.1 Å². The molecule has 0 bridgehead atoms. The quantitative estimate of drug-likeness (QED) is 0.347. The zero-order chi connectivity index (χ0) is 21.8. The molecule has 0 atom stereocenters. The Kier molecular flexibility index (Phi) is 6.06. The molecule has 0 unspecified atom stereocenters. The van der Waals surface area contributed by atoms with E-state index in [0.29, 0.717) is 21.5 Å². The second-order valence-electron chi connectivity index (χ2n) is 6.78. The van der Waals surface area contributed by atoms with Gasteiger partial charge in [-0.1, -0.05) is 41.9 Å². The monoisotopic (exact) mass is 447 g/mol. The van der Waals surface area contributed by atoms with Crippen molar-refractivity contribution in [2.75, 3.05) is 16.0 Å². The molecular weight excluding hydrogens is 430 g/mol. The summed E-state index contributed by atoms with van der Waals surface area (Å²) in [5.41, 5.74) is 4.75. The Bertz CT molecular complexity index is 1290. The molecular formula is C23H18ClN5OS. The Morgan fingerprint density at radius 2 is 1.71 bits per heavy atom. The Hall–Kier alpha value is -3.55. The number of anilines is 3. The van der Waals surface area contributed by atoms with Crippen molar-refractivity contribution in [2.24, 2.45) is 0 Å². The average Bonchev–Trinajstić information content (AvgIpc) is 2.75. The second-order valence-corrected chi connectivity index (χ2v) is 7.59. The number of nitrogens with zero attached hydrogens (tertiary/aromatic N) is 2. The topological polar surface area (TPSA) is 78.9 Å². The number of halogens is 1. The Balaban J connectivity index is 1.52. The summed E-state index contributed by atoms with van der Waals surface area (Å²) < 4.78 is 0. The van der Waals surface area contributed by atoms with Crippen LogP contribution in [-0.4, -0.2) is 21.0 Å². The maximum atomic E-state index is 11.2. The molecule has 1 amide bonds. The van der Waals surface area contributed by atoms with Gasteiger partial charge in [-0.05, 0) is 48.6 Å². The van der Waals surface area contributed by atoms with Crippen molar-refractivity contribution >= 4 is 62.8 Å². The van der Waals surface area contributed by atoms with Crippen molar-refractivity contribution < 1.29 is 4.79 Å². The van der Waals surface area contributed by atoms with Gasteiger partial charge in [0.05, 0.1) is 21.9 Å². The highest BCUT2D eigenvalue weighted by Crippen LogP contribution is 2.28. The van der Waals surface area contributed by atoms with Gasteiger partial charge < -0.3 is 16.0 Å². The first-order valence-corrected chi connectivity index (χ1v) is 10.2. The molecule has 154 valence electrons. The first-order valence-electron chi connectivity index (χ1n) is 9.45. The van der Waals surface area contributed by atoms with Crippen LogP contribution in [0.25, 0.3) is 22.2 Å². The van der Waals surface area contributed by atoms with Crippen LogP contribution in [0.3, 0.4) is 0 Å². The summed E-state index contributed by atoms with van der Waals surface area (Å²) in [5.74, 6) is -0.162. The van der Waals surface area contributed by atoms with E-state index in [1.54, 1.807) is 24.5 Å². The molecule has 0 fully saturated rings. The SMILES string of the molecule is CC(=O)Nc1ccc(NC(=S)Nc2cccc(-c3ncnc4ccccc34)c2)c(Cl)c1. The summed E-state index contributed by atoms with van der Waals surface area (Å²) >= 11 is 11.7. The van der Waals surface area contributed by atoms with Gasteiger partial charge in [-0.25, -0.2) is 9.97 Å². The lowest BCUT2D eigenvalue weighted by atomic mass is 10.1. The molecule has 31 heavy (non-hydrogen) atoms. The van der Waals surface area contributed by atoms with E-state index >= 15 is 0 Å². The molecule has 8 heteroatoms. The number of hydrogen-bond acceptors (Lipinski definition) is 4. The lowest BCUT2D eigenvalue weighted by Crippen LogP contribution is -2.19. The summed E-state index contributed by atoms with van der Waals surface area (Å²) in [6, 6.07) is 20.9. The number of rotatable bonds is 4. The number of carbonyl (C=O) groups excluding carboxylic acids is 1. The maximum absolute atomic E-state index is 11.2. The number of carbonyl (C=O) groups is 1. The summed E-state index contributed by atoms with van der Waals surface area (Å²) in [5, 5.41) is 10.7. The highest BCUT2D eigenvalue weighted by molar-refractivity contribution is 7.80. The van der Waals surface area contributed by atoms with Crippen molar-refractivity contribution in [2.45, 2.75) is 6.92 Å². The molecule has 3 aromatic carbocycles. The number of nitrogens with one attached hydrogen (secondary N) is 3. The molecule has 4 aromatic rings. The van der Waals surface area contributed by atoms with Gasteiger partial charge in [-0.15, -0.1) is 0 Å². The Morgan fingerprint density at radius 1 is 0.903 bits per heavy atom. The first-order chi connectivity index (χ1) is 15.0. The Labute approximate surface area is 189 Å². The number of aromatic nitrogens is 2. The fraction of sp³-hybridized carbons (Fsp3) is 0.0435. The van der Waals surface area contributed by atoms with Crippen LogP contribution >= 0.6 is 23.8 Å². The van der Waals surface area contributed by atoms with Crippen molar-refractivity contribution in [3.05, 3.63) is 78.1 Å². The minimum absolute atomic E-state index is 0.162. The van der Waals surface area contributed by atoms with Crippen molar-refractivity contribution in [1.29, 1.82) is 0 Å². The third kappa shape index (κ3) is 4.96. The smallest absolute Gasteiger partial charge is 0.221 e. The van der Waals surface area contributed by atoms with Crippen molar-refractivity contribution in [1.82, 2.24) is 9.97 Å². The minimum Gasteiger partial charge on any atom is -0.332 e.